The standard InChI is InChI=1S/C18H28N4O3/c1-3-5-10-21-16-15(20(9-4-2)14(12-23)19-16)17(24)22(18(21)25)11-13-7-6-8-13/h13,23H,3-12H2,1-2H3. The summed E-state index contributed by atoms with van der Waals surface area (Å²) in [5.74, 6) is 0.877. The Bertz CT molecular complexity index is 858. The number of aryl methyl sites for hydroxylation is 2. The van der Waals surface area contributed by atoms with Crippen LogP contribution < -0.4 is 11.2 Å². The minimum absolute atomic E-state index is 0.237. The SMILES string of the molecule is CCCCn1c(=O)n(CC2CCC2)c(=O)c2c1nc(CO)n2CCC. The molecule has 0 atom stereocenters. The fourth-order valence-corrected chi connectivity index (χ4v) is 3.53. The lowest BCUT2D eigenvalue weighted by molar-refractivity contribution is 0.265. The molecule has 2 heterocycles. The van der Waals surface area contributed by atoms with Crippen molar-refractivity contribution in [3.63, 3.8) is 0 Å². The van der Waals surface area contributed by atoms with Crippen molar-refractivity contribution < 1.29 is 5.11 Å². The van der Waals surface area contributed by atoms with Gasteiger partial charge in [-0.05, 0) is 31.6 Å². The van der Waals surface area contributed by atoms with Crippen molar-refractivity contribution in [1.82, 2.24) is 18.7 Å². The van der Waals surface area contributed by atoms with Gasteiger partial charge < -0.3 is 9.67 Å². The van der Waals surface area contributed by atoms with Gasteiger partial charge in [-0.3, -0.25) is 13.9 Å². The predicted octanol–water partition coefficient (Wildman–Crippen LogP) is 1.86. The van der Waals surface area contributed by atoms with E-state index in [4.69, 9.17) is 0 Å². The van der Waals surface area contributed by atoms with E-state index >= 15 is 0 Å². The number of unbranched alkanes of at least 4 members (excludes halogenated alkanes) is 1. The highest BCUT2D eigenvalue weighted by Gasteiger charge is 2.24. The lowest BCUT2D eigenvalue weighted by Crippen LogP contribution is -2.43. The quantitative estimate of drug-likeness (QED) is 0.789. The molecule has 1 saturated carbocycles. The second kappa shape index (κ2) is 7.56. The maximum Gasteiger partial charge on any atom is 0.332 e. The highest BCUT2D eigenvalue weighted by molar-refractivity contribution is 5.71. The van der Waals surface area contributed by atoms with Crippen molar-refractivity contribution >= 4 is 11.2 Å². The Morgan fingerprint density at radius 2 is 1.84 bits per heavy atom. The third kappa shape index (κ3) is 3.17. The number of aliphatic hydroxyl groups excluding tert-OH is 1. The van der Waals surface area contributed by atoms with E-state index in [2.05, 4.69) is 11.9 Å². The number of hydrogen-bond acceptors (Lipinski definition) is 4. The van der Waals surface area contributed by atoms with E-state index < -0.39 is 0 Å². The van der Waals surface area contributed by atoms with Gasteiger partial charge in [-0.15, -0.1) is 0 Å². The van der Waals surface area contributed by atoms with E-state index in [1.165, 1.54) is 11.0 Å². The molecule has 7 heteroatoms. The van der Waals surface area contributed by atoms with Crippen LogP contribution in [0, 0.1) is 5.92 Å². The van der Waals surface area contributed by atoms with E-state index in [-0.39, 0.29) is 17.9 Å². The summed E-state index contributed by atoms with van der Waals surface area (Å²) in [4.78, 5) is 30.5. The molecule has 1 aliphatic carbocycles. The normalized spacial score (nSPS) is 15.0. The van der Waals surface area contributed by atoms with Crippen LogP contribution in [0.3, 0.4) is 0 Å². The summed E-state index contributed by atoms with van der Waals surface area (Å²) >= 11 is 0. The van der Waals surface area contributed by atoms with Crippen LogP contribution in [-0.2, 0) is 26.2 Å². The molecular weight excluding hydrogens is 320 g/mol. The molecular formula is C18H28N4O3. The van der Waals surface area contributed by atoms with E-state index in [0.29, 0.717) is 42.5 Å². The summed E-state index contributed by atoms with van der Waals surface area (Å²) in [5, 5.41) is 9.66. The Kier molecular flexibility index (Phi) is 5.42. The van der Waals surface area contributed by atoms with Crippen molar-refractivity contribution in [3.8, 4) is 0 Å². The van der Waals surface area contributed by atoms with Gasteiger partial charge in [0.05, 0.1) is 0 Å². The monoisotopic (exact) mass is 348 g/mol. The molecule has 0 spiro atoms. The lowest BCUT2D eigenvalue weighted by atomic mass is 9.85. The summed E-state index contributed by atoms with van der Waals surface area (Å²) in [5.41, 5.74) is 0.357. The molecule has 138 valence electrons. The van der Waals surface area contributed by atoms with Gasteiger partial charge in [-0.2, -0.15) is 0 Å². The topological polar surface area (TPSA) is 82.1 Å². The molecule has 0 bridgehead atoms. The Hall–Kier alpha value is -1.89. The number of aromatic nitrogens is 4. The lowest BCUT2D eigenvalue weighted by Gasteiger charge is -2.26. The minimum atomic E-state index is -0.264. The summed E-state index contributed by atoms with van der Waals surface area (Å²) < 4.78 is 4.82. The van der Waals surface area contributed by atoms with Gasteiger partial charge in [0.25, 0.3) is 5.56 Å². The van der Waals surface area contributed by atoms with Gasteiger partial charge in [-0.1, -0.05) is 26.7 Å². The van der Waals surface area contributed by atoms with Gasteiger partial charge >= 0.3 is 5.69 Å². The molecule has 0 aliphatic heterocycles. The number of rotatable bonds is 8. The largest absolute Gasteiger partial charge is 0.388 e. The summed E-state index contributed by atoms with van der Waals surface area (Å²) in [7, 11) is 0. The zero-order valence-corrected chi connectivity index (χ0v) is 15.2. The maximum absolute atomic E-state index is 13.1. The number of imidazole rings is 1. The third-order valence-electron chi connectivity index (χ3n) is 5.18. The van der Waals surface area contributed by atoms with E-state index in [1.807, 2.05) is 6.92 Å². The van der Waals surface area contributed by atoms with Crippen molar-refractivity contribution in [2.45, 2.75) is 78.6 Å². The van der Waals surface area contributed by atoms with Crippen LogP contribution in [0.25, 0.3) is 11.2 Å². The molecule has 2 aromatic rings. The molecule has 0 unspecified atom stereocenters. The number of aliphatic hydroxyl groups is 1. The Balaban J connectivity index is 2.25. The fourth-order valence-electron chi connectivity index (χ4n) is 3.53. The first kappa shape index (κ1) is 17.9. The first-order valence-electron chi connectivity index (χ1n) is 9.45. The Morgan fingerprint density at radius 3 is 2.40 bits per heavy atom. The van der Waals surface area contributed by atoms with Gasteiger partial charge in [-0.25, -0.2) is 9.78 Å². The summed E-state index contributed by atoms with van der Waals surface area (Å²) in [6, 6.07) is 0. The van der Waals surface area contributed by atoms with E-state index in [0.717, 1.165) is 32.1 Å². The molecule has 1 N–H and O–H groups in total. The average molecular weight is 348 g/mol. The Morgan fingerprint density at radius 1 is 1.08 bits per heavy atom. The average Bonchev–Trinajstić information content (AvgIpc) is 2.92. The van der Waals surface area contributed by atoms with Crippen LogP contribution in [-0.4, -0.2) is 23.8 Å². The van der Waals surface area contributed by atoms with Crippen LogP contribution in [0.5, 0.6) is 0 Å². The molecule has 0 aromatic carbocycles. The molecule has 7 nitrogen and oxygen atoms in total. The Labute approximate surface area is 146 Å². The molecule has 0 saturated heterocycles. The highest BCUT2D eigenvalue weighted by atomic mass is 16.3. The third-order valence-corrected chi connectivity index (χ3v) is 5.18. The first-order chi connectivity index (χ1) is 12.1. The molecule has 1 aliphatic rings. The summed E-state index contributed by atoms with van der Waals surface area (Å²) in [6.07, 6.45) is 5.97. The van der Waals surface area contributed by atoms with E-state index in [1.54, 1.807) is 9.13 Å². The van der Waals surface area contributed by atoms with Gasteiger partial charge in [0.1, 0.15) is 12.4 Å². The van der Waals surface area contributed by atoms with Gasteiger partial charge in [0, 0.05) is 19.6 Å². The van der Waals surface area contributed by atoms with Crippen LogP contribution in [0.2, 0.25) is 0 Å². The first-order valence-corrected chi connectivity index (χ1v) is 9.45. The van der Waals surface area contributed by atoms with Crippen LogP contribution in [0.4, 0.5) is 0 Å². The predicted molar refractivity (Wildman–Crippen MR) is 96.7 cm³/mol. The number of hydrogen-bond donors (Lipinski definition) is 1. The van der Waals surface area contributed by atoms with Crippen LogP contribution in [0.1, 0.15) is 58.2 Å². The molecule has 0 amide bonds. The highest BCUT2D eigenvalue weighted by Crippen LogP contribution is 2.27. The van der Waals surface area contributed by atoms with E-state index in [9.17, 15) is 14.7 Å². The number of nitrogens with zero attached hydrogens (tertiary/aromatic N) is 4. The second-order valence-corrected chi connectivity index (χ2v) is 7.01. The van der Waals surface area contributed by atoms with Gasteiger partial charge in [0.15, 0.2) is 11.2 Å². The maximum atomic E-state index is 13.1. The molecule has 3 rings (SSSR count). The van der Waals surface area contributed by atoms with Crippen LogP contribution >= 0.6 is 0 Å². The smallest absolute Gasteiger partial charge is 0.332 e. The molecule has 1 fully saturated rings. The fraction of sp³-hybridized carbons (Fsp3) is 0.722. The van der Waals surface area contributed by atoms with Crippen molar-refractivity contribution in [2.24, 2.45) is 5.92 Å². The molecule has 2 aromatic heterocycles. The number of fused-ring (bicyclic) bond motifs is 1. The molecule has 25 heavy (non-hydrogen) atoms. The zero-order chi connectivity index (χ0) is 18.0. The molecule has 0 radical (unpaired) electrons. The minimum Gasteiger partial charge on any atom is -0.388 e. The van der Waals surface area contributed by atoms with Crippen molar-refractivity contribution in [3.05, 3.63) is 26.7 Å². The summed E-state index contributed by atoms with van der Waals surface area (Å²) in [6.45, 7) is 5.50. The second-order valence-electron chi connectivity index (χ2n) is 7.01. The van der Waals surface area contributed by atoms with Crippen LogP contribution in [0.15, 0.2) is 9.59 Å². The zero-order valence-electron chi connectivity index (χ0n) is 15.2. The van der Waals surface area contributed by atoms with Crippen molar-refractivity contribution in [2.75, 3.05) is 0 Å². The van der Waals surface area contributed by atoms with Gasteiger partial charge in [0.2, 0.25) is 0 Å². The van der Waals surface area contributed by atoms with Crippen molar-refractivity contribution in [1.29, 1.82) is 0 Å².